The smallest absolute Gasteiger partial charge is 0.148 e. The van der Waals surface area contributed by atoms with Crippen molar-refractivity contribution in [1.82, 2.24) is 5.32 Å². The van der Waals surface area contributed by atoms with Crippen molar-refractivity contribution >= 4 is 11.6 Å². The normalized spacial score (nSPS) is 12.2. The first-order valence-electron chi connectivity index (χ1n) is 6.44. The van der Waals surface area contributed by atoms with Gasteiger partial charge in [-0.25, -0.2) is 4.39 Å². The summed E-state index contributed by atoms with van der Waals surface area (Å²) >= 11 is 5.73. The van der Waals surface area contributed by atoms with E-state index in [1.807, 2.05) is 31.3 Å². The molecule has 0 saturated carbocycles. The Morgan fingerprint density at radius 3 is 2.55 bits per heavy atom. The van der Waals surface area contributed by atoms with Crippen LogP contribution in [-0.4, -0.2) is 7.05 Å². The first kappa shape index (κ1) is 14.8. The molecule has 1 N–H and O–H groups in total. The van der Waals surface area contributed by atoms with Crippen molar-refractivity contribution in [2.24, 2.45) is 0 Å². The summed E-state index contributed by atoms with van der Waals surface area (Å²) in [6, 6.07) is 12.9. The molecule has 0 radical (unpaired) electrons. The maximum absolute atomic E-state index is 13.7. The van der Waals surface area contributed by atoms with Gasteiger partial charge in [-0.05, 0) is 37.7 Å². The Hall–Kier alpha value is -1.58. The average molecular weight is 294 g/mol. The van der Waals surface area contributed by atoms with Crippen molar-refractivity contribution in [3.63, 3.8) is 0 Å². The minimum Gasteiger partial charge on any atom is -0.489 e. The predicted molar refractivity (Wildman–Crippen MR) is 79.7 cm³/mol. The fourth-order valence-electron chi connectivity index (χ4n) is 1.84. The van der Waals surface area contributed by atoms with Crippen molar-refractivity contribution in [3.05, 3.63) is 64.4 Å². The molecule has 1 atom stereocenters. The van der Waals surface area contributed by atoms with Crippen LogP contribution in [0, 0.1) is 5.82 Å². The number of ether oxygens (including phenoxy) is 1. The van der Waals surface area contributed by atoms with Crippen LogP contribution >= 0.6 is 11.6 Å². The molecule has 0 bridgehead atoms. The van der Waals surface area contributed by atoms with Crippen molar-refractivity contribution in [3.8, 4) is 5.75 Å². The van der Waals surface area contributed by atoms with Crippen LogP contribution < -0.4 is 10.1 Å². The van der Waals surface area contributed by atoms with Crippen LogP contribution in [0.15, 0.2) is 42.5 Å². The number of rotatable bonds is 5. The second kappa shape index (κ2) is 6.73. The van der Waals surface area contributed by atoms with Crippen LogP contribution in [0.1, 0.15) is 24.1 Å². The summed E-state index contributed by atoms with van der Waals surface area (Å²) in [5.74, 6) is 0.283. The van der Waals surface area contributed by atoms with Crippen LogP contribution in [0.25, 0.3) is 0 Å². The highest BCUT2D eigenvalue weighted by Gasteiger charge is 2.07. The van der Waals surface area contributed by atoms with E-state index in [1.54, 1.807) is 12.1 Å². The second-order valence-electron chi connectivity index (χ2n) is 4.58. The fourth-order valence-corrected chi connectivity index (χ4v) is 2.03. The Balaban J connectivity index is 2.02. The first-order valence-corrected chi connectivity index (χ1v) is 6.82. The van der Waals surface area contributed by atoms with E-state index in [0.29, 0.717) is 11.3 Å². The molecule has 2 nitrogen and oxygen atoms in total. The van der Waals surface area contributed by atoms with Gasteiger partial charge in [0.15, 0.2) is 0 Å². The van der Waals surface area contributed by atoms with Gasteiger partial charge in [0.2, 0.25) is 0 Å². The molecule has 2 aromatic carbocycles. The quantitative estimate of drug-likeness (QED) is 0.885. The number of halogens is 2. The Bertz CT molecular complexity index is 571. The molecule has 0 amide bonds. The summed E-state index contributed by atoms with van der Waals surface area (Å²) in [7, 11) is 1.91. The molecule has 0 aromatic heterocycles. The average Bonchev–Trinajstić information content (AvgIpc) is 2.48. The topological polar surface area (TPSA) is 21.3 Å². The summed E-state index contributed by atoms with van der Waals surface area (Å²) in [6.07, 6.45) is 0. The van der Waals surface area contributed by atoms with E-state index in [1.165, 1.54) is 11.6 Å². The molecule has 1 unspecified atom stereocenters. The molecular formula is C16H17ClFNO. The van der Waals surface area contributed by atoms with E-state index in [0.717, 1.165) is 0 Å². The SMILES string of the molecule is CNC(C)c1ccc(OCc2cccc(Cl)c2F)cc1. The molecule has 106 valence electrons. The van der Waals surface area contributed by atoms with Gasteiger partial charge in [-0.15, -0.1) is 0 Å². The third-order valence-corrected chi connectivity index (χ3v) is 3.53. The third kappa shape index (κ3) is 3.50. The van der Waals surface area contributed by atoms with Gasteiger partial charge in [0.1, 0.15) is 18.2 Å². The minimum absolute atomic E-state index is 0.115. The van der Waals surface area contributed by atoms with Gasteiger partial charge in [-0.3, -0.25) is 0 Å². The number of hydrogen-bond donors (Lipinski definition) is 1. The third-order valence-electron chi connectivity index (χ3n) is 3.24. The van der Waals surface area contributed by atoms with E-state index in [4.69, 9.17) is 16.3 Å². The zero-order valence-electron chi connectivity index (χ0n) is 11.5. The van der Waals surface area contributed by atoms with Crippen molar-refractivity contribution < 1.29 is 9.13 Å². The summed E-state index contributed by atoms with van der Waals surface area (Å²) in [5, 5.41) is 3.28. The molecule has 0 spiro atoms. The number of nitrogens with one attached hydrogen (secondary N) is 1. The highest BCUT2D eigenvalue weighted by Crippen LogP contribution is 2.21. The molecule has 0 aliphatic rings. The molecule has 4 heteroatoms. The fraction of sp³-hybridized carbons (Fsp3) is 0.250. The summed E-state index contributed by atoms with van der Waals surface area (Å²) < 4.78 is 19.3. The van der Waals surface area contributed by atoms with Gasteiger partial charge in [0.25, 0.3) is 0 Å². The first-order chi connectivity index (χ1) is 9.61. The van der Waals surface area contributed by atoms with Crippen LogP contribution in [0.4, 0.5) is 4.39 Å². The van der Waals surface area contributed by atoms with E-state index in [2.05, 4.69) is 12.2 Å². The maximum Gasteiger partial charge on any atom is 0.148 e. The molecule has 0 aliphatic carbocycles. The lowest BCUT2D eigenvalue weighted by Gasteiger charge is -2.12. The summed E-state index contributed by atoms with van der Waals surface area (Å²) in [4.78, 5) is 0. The molecular weight excluding hydrogens is 277 g/mol. The second-order valence-corrected chi connectivity index (χ2v) is 4.99. The van der Waals surface area contributed by atoms with Crippen molar-refractivity contribution in [2.45, 2.75) is 19.6 Å². The van der Waals surface area contributed by atoms with Gasteiger partial charge in [-0.1, -0.05) is 35.9 Å². The van der Waals surface area contributed by atoms with Crippen LogP contribution in [0.2, 0.25) is 5.02 Å². The van der Waals surface area contributed by atoms with E-state index in [9.17, 15) is 4.39 Å². The van der Waals surface area contributed by atoms with Gasteiger partial charge in [0, 0.05) is 11.6 Å². The van der Waals surface area contributed by atoms with Crippen LogP contribution in [0.3, 0.4) is 0 Å². The molecule has 0 aliphatic heterocycles. The highest BCUT2D eigenvalue weighted by molar-refractivity contribution is 6.30. The van der Waals surface area contributed by atoms with Crippen LogP contribution in [0.5, 0.6) is 5.75 Å². The predicted octanol–water partition coefficient (Wildman–Crippen LogP) is 4.34. The van der Waals surface area contributed by atoms with Gasteiger partial charge in [0.05, 0.1) is 5.02 Å². The van der Waals surface area contributed by atoms with Gasteiger partial charge < -0.3 is 10.1 Å². The summed E-state index contributed by atoms with van der Waals surface area (Å²) in [5.41, 5.74) is 1.62. The maximum atomic E-state index is 13.7. The van der Waals surface area contributed by atoms with Crippen molar-refractivity contribution in [2.75, 3.05) is 7.05 Å². The molecule has 2 aromatic rings. The van der Waals surface area contributed by atoms with E-state index in [-0.39, 0.29) is 17.7 Å². The molecule has 0 saturated heterocycles. The van der Waals surface area contributed by atoms with Gasteiger partial charge >= 0.3 is 0 Å². The van der Waals surface area contributed by atoms with E-state index < -0.39 is 5.82 Å². The Kier molecular flexibility index (Phi) is 4.99. The number of benzene rings is 2. The minimum atomic E-state index is -0.422. The lowest BCUT2D eigenvalue weighted by atomic mass is 10.1. The highest BCUT2D eigenvalue weighted by atomic mass is 35.5. The van der Waals surface area contributed by atoms with E-state index >= 15 is 0 Å². The lowest BCUT2D eigenvalue weighted by Crippen LogP contribution is -2.11. The number of hydrogen-bond acceptors (Lipinski definition) is 2. The zero-order chi connectivity index (χ0) is 14.5. The van der Waals surface area contributed by atoms with Crippen LogP contribution in [-0.2, 0) is 6.61 Å². The largest absolute Gasteiger partial charge is 0.489 e. The monoisotopic (exact) mass is 293 g/mol. The standard InChI is InChI=1S/C16H17ClFNO/c1-11(19-2)12-6-8-14(9-7-12)20-10-13-4-3-5-15(17)16(13)18/h3-9,11,19H,10H2,1-2H3. The van der Waals surface area contributed by atoms with Crippen molar-refractivity contribution in [1.29, 1.82) is 0 Å². The Morgan fingerprint density at radius 2 is 1.90 bits per heavy atom. The Labute approximate surface area is 123 Å². The lowest BCUT2D eigenvalue weighted by molar-refractivity contribution is 0.299. The Morgan fingerprint density at radius 1 is 1.20 bits per heavy atom. The molecule has 2 rings (SSSR count). The molecule has 0 heterocycles. The molecule has 0 fully saturated rings. The zero-order valence-corrected chi connectivity index (χ0v) is 12.2. The van der Waals surface area contributed by atoms with Gasteiger partial charge in [-0.2, -0.15) is 0 Å². The summed E-state index contributed by atoms with van der Waals surface area (Å²) in [6.45, 7) is 2.24. The molecule has 20 heavy (non-hydrogen) atoms.